The van der Waals surface area contributed by atoms with Gasteiger partial charge in [0.25, 0.3) is 5.56 Å². The second-order valence-electron chi connectivity index (χ2n) is 5.75. The number of aromatic amines is 1. The smallest absolute Gasteiger partial charge is 0.394 e. The first-order valence-electron chi connectivity index (χ1n) is 7.85. The lowest BCUT2D eigenvalue weighted by molar-refractivity contribution is -0.0213. The van der Waals surface area contributed by atoms with Crippen molar-refractivity contribution >= 4 is 21.9 Å². The minimum Gasteiger partial charge on any atom is -0.427 e. The van der Waals surface area contributed by atoms with Crippen LogP contribution in [0.15, 0.2) is 46.1 Å². The first-order chi connectivity index (χ1) is 12.0. The Bertz CT molecular complexity index is 824. The summed E-state index contributed by atoms with van der Waals surface area (Å²) in [6.07, 6.45) is 1.98. The topological polar surface area (TPSA) is 103 Å². The highest BCUT2D eigenvalue weighted by Gasteiger charge is 2.28. The SMILES string of the molecule is Bc1ccc(OP(O)OCC2CCC(n3ccc(=O)[nH]c3=O)O2)cc1. The molecule has 0 bridgehead atoms. The molecule has 0 amide bonds. The van der Waals surface area contributed by atoms with Crippen molar-refractivity contribution in [1.29, 1.82) is 0 Å². The molecule has 8 nitrogen and oxygen atoms in total. The van der Waals surface area contributed by atoms with Crippen LogP contribution in [0, 0.1) is 0 Å². The summed E-state index contributed by atoms with van der Waals surface area (Å²) < 4.78 is 17.7. The number of ether oxygens (including phenoxy) is 1. The molecule has 0 saturated carbocycles. The standard InChI is InChI=1S/C15H18BN2O6P/c16-10-1-3-11(4-2-10)24-25(21)22-9-12-5-6-14(23-12)18-8-7-13(19)17-15(18)20/h1-4,7-8,12,14,21H,5-6,9,16H2,(H,17,19,20). The van der Waals surface area contributed by atoms with Crippen molar-refractivity contribution in [3.63, 3.8) is 0 Å². The maximum absolute atomic E-state index is 11.8. The van der Waals surface area contributed by atoms with Crippen LogP contribution in [0.25, 0.3) is 0 Å². The number of aromatic nitrogens is 2. The molecule has 2 aromatic rings. The molecule has 10 heteroatoms. The molecule has 25 heavy (non-hydrogen) atoms. The van der Waals surface area contributed by atoms with Crippen LogP contribution < -0.4 is 21.2 Å². The number of H-pyrrole nitrogens is 1. The monoisotopic (exact) mass is 364 g/mol. The van der Waals surface area contributed by atoms with E-state index in [9.17, 15) is 14.5 Å². The number of benzene rings is 1. The summed E-state index contributed by atoms with van der Waals surface area (Å²) in [6.45, 7) is 0.155. The van der Waals surface area contributed by atoms with Gasteiger partial charge in [-0.3, -0.25) is 18.9 Å². The Morgan fingerprint density at radius 2 is 2.04 bits per heavy atom. The molecular weight excluding hydrogens is 346 g/mol. The van der Waals surface area contributed by atoms with E-state index in [0.29, 0.717) is 18.6 Å². The molecule has 1 saturated heterocycles. The molecule has 0 aliphatic carbocycles. The summed E-state index contributed by atoms with van der Waals surface area (Å²) in [4.78, 5) is 34.9. The summed E-state index contributed by atoms with van der Waals surface area (Å²) in [5, 5.41) is 0. The summed E-state index contributed by atoms with van der Waals surface area (Å²) in [7, 11) is -0.0958. The fourth-order valence-electron chi connectivity index (χ4n) is 2.53. The van der Waals surface area contributed by atoms with Crippen LogP contribution in [0.5, 0.6) is 5.75 Å². The molecule has 1 aromatic carbocycles. The van der Waals surface area contributed by atoms with E-state index in [1.54, 1.807) is 12.1 Å². The number of rotatable bonds is 6. The van der Waals surface area contributed by atoms with Gasteiger partial charge in [-0.2, -0.15) is 0 Å². The van der Waals surface area contributed by atoms with Crippen molar-refractivity contribution in [2.24, 2.45) is 0 Å². The molecule has 2 heterocycles. The second-order valence-corrected chi connectivity index (χ2v) is 6.66. The summed E-state index contributed by atoms with van der Waals surface area (Å²) in [6, 6.07) is 8.55. The predicted octanol–water partition coefficient (Wildman–Crippen LogP) is -0.213. The third kappa shape index (κ3) is 4.79. The van der Waals surface area contributed by atoms with Crippen LogP contribution in [0.2, 0.25) is 0 Å². The van der Waals surface area contributed by atoms with E-state index >= 15 is 0 Å². The Kier molecular flexibility index (Phi) is 5.70. The molecule has 1 fully saturated rings. The quantitative estimate of drug-likeness (QED) is 0.543. The van der Waals surface area contributed by atoms with Gasteiger partial charge in [-0.15, -0.1) is 0 Å². The molecule has 3 unspecified atom stereocenters. The largest absolute Gasteiger partial charge is 0.427 e. The highest BCUT2D eigenvalue weighted by Crippen LogP contribution is 2.36. The molecule has 0 spiro atoms. The normalized spacial score (nSPS) is 21.2. The van der Waals surface area contributed by atoms with Crippen LogP contribution in [-0.2, 0) is 9.26 Å². The van der Waals surface area contributed by atoms with Gasteiger partial charge in [0, 0.05) is 12.3 Å². The second kappa shape index (κ2) is 7.97. The van der Waals surface area contributed by atoms with Crippen molar-refractivity contribution in [2.45, 2.75) is 25.2 Å². The average molecular weight is 364 g/mol. The lowest BCUT2D eigenvalue weighted by atomic mass is 9.97. The minimum absolute atomic E-state index is 0.155. The van der Waals surface area contributed by atoms with Gasteiger partial charge in [0.1, 0.15) is 19.8 Å². The van der Waals surface area contributed by atoms with Crippen LogP contribution in [0.4, 0.5) is 0 Å². The Morgan fingerprint density at radius 3 is 2.76 bits per heavy atom. The molecule has 132 valence electrons. The van der Waals surface area contributed by atoms with Gasteiger partial charge in [0.2, 0.25) is 0 Å². The molecule has 1 aliphatic heterocycles. The molecule has 3 atom stereocenters. The molecular formula is C15H18BN2O6P. The average Bonchev–Trinajstić information content (AvgIpc) is 3.04. The zero-order valence-electron chi connectivity index (χ0n) is 13.6. The number of nitrogens with zero attached hydrogens (tertiary/aromatic N) is 1. The van der Waals surface area contributed by atoms with Crippen LogP contribution in [0.3, 0.4) is 0 Å². The van der Waals surface area contributed by atoms with Gasteiger partial charge in [-0.05, 0) is 25.0 Å². The lowest BCUT2D eigenvalue weighted by Gasteiger charge is -2.17. The zero-order valence-corrected chi connectivity index (χ0v) is 14.5. The van der Waals surface area contributed by atoms with E-state index in [1.807, 2.05) is 20.0 Å². The summed E-state index contributed by atoms with van der Waals surface area (Å²) in [5.41, 5.74) is 0.142. The van der Waals surface area contributed by atoms with E-state index in [1.165, 1.54) is 16.8 Å². The Labute approximate surface area is 145 Å². The van der Waals surface area contributed by atoms with Gasteiger partial charge in [-0.1, -0.05) is 17.6 Å². The minimum atomic E-state index is -2.06. The molecule has 1 aromatic heterocycles. The third-order valence-electron chi connectivity index (χ3n) is 3.82. The third-order valence-corrected chi connectivity index (χ3v) is 4.56. The van der Waals surface area contributed by atoms with Gasteiger partial charge < -0.3 is 14.2 Å². The van der Waals surface area contributed by atoms with Crippen molar-refractivity contribution in [2.75, 3.05) is 6.61 Å². The van der Waals surface area contributed by atoms with Gasteiger partial charge in [0.05, 0.1) is 12.7 Å². The Hall–Kier alpha value is -1.93. The number of hydrogen-bond acceptors (Lipinski definition) is 6. The number of nitrogens with one attached hydrogen (secondary N) is 1. The molecule has 3 rings (SSSR count). The Morgan fingerprint density at radius 1 is 1.28 bits per heavy atom. The van der Waals surface area contributed by atoms with Crippen molar-refractivity contribution in [3.8, 4) is 5.75 Å². The van der Waals surface area contributed by atoms with Crippen LogP contribution in [-0.4, -0.2) is 35.0 Å². The van der Waals surface area contributed by atoms with E-state index in [0.717, 1.165) is 5.46 Å². The van der Waals surface area contributed by atoms with Gasteiger partial charge in [-0.25, -0.2) is 4.79 Å². The zero-order chi connectivity index (χ0) is 17.8. The highest BCUT2D eigenvalue weighted by atomic mass is 31.2. The van der Waals surface area contributed by atoms with E-state index in [-0.39, 0.29) is 12.7 Å². The van der Waals surface area contributed by atoms with Crippen LogP contribution in [0.1, 0.15) is 19.1 Å². The predicted molar refractivity (Wildman–Crippen MR) is 94.8 cm³/mol. The van der Waals surface area contributed by atoms with E-state index in [4.69, 9.17) is 13.8 Å². The van der Waals surface area contributed by atoms with Gasteiger partial charge >= 0.3 is 14.3 Å². The van der Waals surface area contributed by atoms with Crippen molar-refractivity contribution in [3.05, 3.63) is 57.4 Å². The van der Waals surface area contributed by atoms with E-state index in [2.05, 4.69) is 4.98 Å². The maximum atomic E-state index is 11.8. The first-order valence-corrected chi connectivity index (χ1v) is 8.98. The van der Waals surface area contributed by atoms with Crippen LogP contribution >= 0.6 is 8.60 Å². The van der Waals surface area contributed by atoms with Crippen molar-refractivity contribution < 1.29 is 18.7 Å². The number of hydrogen-bond donors (Lipinski definition) is 2. The summed E-state index contributed by atoms with van der Waals surface area (Å²) >= 11 is 0. The molecule has 0 radical (unpaired) electrons. The summed E-state index contributed by atoms with van der Waals surface area (Å²) in [5.74, 6) is 0.532. The maximum Gasteiger partial charge on any atom is 0.394 e. The fourth-order valence-corrected chi connectivity index (χ4v) is 3.18. The molecule has 1 aliphatic rings. The van der Waals surface area contributed by atoms with E-state index < -0.39 is 26.1 Å². The highest BCUT2D eigenvalue weighted by molar-refractivity contribution is 7.41. The van der Waals surface area contributed by atoms with Gasteiger partial charge in [0.15, 0.2) is 0 Å². The Balaban J connectivity index is 1.49. The first kappa shape index (κ1) is 17.9. The lowest BCUT2D eigenvalue weighted by Crippen LogP contribution is -2.31. The molecule has 2 N–H and O–H groups in total. The fraction of sp³-hybridized carbons (Fsp3) is 0.333. The van der Waals surface area contributed by atoms with Crippen molar-refractivity contribution in [1.82, 2.24) is 9.55 Å².